The first-order valence-electron chi connectivity index (χ1n) is 7.84. The van der Waals surface area contributed by atoms with Gasteiger partial charge >= 0.3 is 0 Å². The molecule has 20 heavy (non-hydrogen) atoms. The molecular formula is C15H25N3OS. The fraction of sp³-hybridized carbons (Fsp3) is 0.800. The summed E-state index contributed by atoms with van der Waals surface area (Å²) in [7, 11) is 0. The number of nitrogens with zero attached hydrogens (tertiary/aromatic N) is 2. The van der Waals surface area contributed by atoms with Crippen LogP contribution in [0.2, 0.25) is 0 Å². The molecule has 0 aromatic carbocycles. The molecule has 0 radical (unpaired) electrons. The van der Waals surface area contributed by atoms with Gasteiger partial charge in [0.2, 0.25) is 0 Å². The van der Waals surface area contributed by atoms with Gasteiger partial charge in [-0.3, -0.25) is 4.68 Å². The van der Waals surface area contributed by atoms with Gasteiger partial charge in [0.1, 0.15) is 6.10 Å². The van der Waals surface area contributed by atoms with Crippen LogP contribution in [0.15, 0.2) is 12.4 Å². The lowest BCUT2D eigenvalue weighted by Crippen LogP contribution is -2.46. The Labute approximate surface area is 125 Å². The molecule has 0 unspecified atom stereocenters. The minimum atomic E-state index is 0.177. The highest BCUT2D eigenvalue weighted by Gasteiger charge is 2.30. The Morgan fingerprint density at radius 2 is 2.40 bits per heavy atom. The summed E-state index contributed by atoms with van der Waals surface area (Å²) in [5.74, 6) is 2.57. The van der Waals surface area contributed by atoms with Crippen molar-refractivity contribution in [2.24, 2.45) is 0 Å². The van der Waals surface area contributed by atoms with Crippen molar-refractivity contribution in [3.8, 4) is 0 Å². The van der Waals surface area contributed by atoms with Gasteiger partial charge in [-0.05, 0) is 38.4 Å². The Morgan fingerprint density at radius 1 is 1.45 bits per heavy atom. The Kier molecular flexibility index (Phi) is 5.02. The standard InChI is InChI=1S/C15H25N3OS/c1-2-18-10-12(9-16-18)15-14(6-3-7-19-15)17-13-5-4-8-20-11-13/h9-10,13-15,17H,2-8,11H2,1H3/t13-,14+,15-/m1/s1. The number of nitrogens with one attached hydrogen (secondary N) is 1. The van der Waals surface area contributed by atoms with Gasteiger partial charge in [0.05, 0.1) is 6.20 Å². The molecule has 0 bridgehead atoms. The van der Waals surface area contributed by atoms with E-state index in [2.05, 4.69) is 35.3 Å². The summed E-state index contributed by atoms with van der Waals surface area (Å²) >= 11 is 2.08. The lowest BCUT2D eigenvalue weighted by atomic mass is 9.97. The molecule has 2 aliphatic rings. The Morgan fingerprint density at radius 3 is 3.15 bits per heavy atom. The van der Waals surface area contributed by atoms with E-state index in [9.17, 15) is 0 Å². The predicted molar refractivity (Wildman–Crippen MR) is 83.1 cm³/mol. The predicted octanol–water partition coefficient (Wildman–Crippen LogP) is 2.61. The van der Waals surface area contributed by atoms with Crippen molar-refractivity contribution in [3.05, 3.63) is 18.0 Å². The smallest absolute Gasteiger partial charge is 0.101 e. The maximum Gasteiger partial charge on any atom is 0.101 e. The molecule has 112 valence electrons. The monoisotopic (exact) mass is 295 g/mol. The van der Waals surface area contributed by atoms with Crippen molar-refractivity contribution in [2.75, 3.05) is 18.1 Å². The number of thioether (sulfide) groups is 1. The van der Waals surface area contributed by atoms with E-state index in [4.69, 9.17) is 4.74 Å². The number of hydrogen-bond donors (Lipinski definition) is 1. The molecule has 0 amide bonds. The first kappa shape index (κ1) is 14.4. The molecule has 1 aromatic heterocycles. The summed E-state index contributed by atoms with van der Waals surface area (Å²) in [5.41, 5.74) is 1.23. The molecule has 1 N–H and O–H groups in total. The van der Waals surface area contributed by atoms with Crippen molar-refractivity contribution in [1.29, 1.82) is 0 Å². The van der Waals surface area contributed by atoms with Crippen molar-refractivity contribution in [3.63, 3.8) is 0 Å². The van der Waals surface area contributed by atoms with Crippen molar-refractivity contribution in [2.45, 2.75) is 57.3 Å². The minimum absolute atomic E-state index is 0.177. The highest BCUT2D eigenvalue weighted by Crippen LogP contribution is 2.29. The van der Waals surface area contributed by atoms with Crippen LogP contribution in [0.25, 0.3) is 0 Å². The topological polar surface area (TPSA) is 39.1 Å². The lowest BCUT2D eigenvalue weighted by molar-refractivity contribution is -0.0135. The molecule has 2 fully saturated rings. The lowest BCUT2D eigenvalue weighted by Gasteiger charge is -2.36. The zero-order chi connectivity index (χ0) is 13.8. The Bertz CT molecular complexity index is 417. The third-order valence-corrected chi connectivity index (χ3v) is 5.45. The van der Waals surface area contributed by atoms with E-state index in [1.54, 1.807) is 0 Å². The van der Waals surface area contributed by atoms with Crippen molar-refractivity contribution < 1.29 is 4.74 Å². The van der Waals surface area contributed by atoms with Gasteiger partial charge in [-0.15, -0.1) is 0 Å². The van der Waals surface area contributed by atoms with E-state index >= 15 is 0 Å². The van der Waals surface area contributed by atoms with Crippen LogP contribution in [0, 0.1) is 0 Å². The molecule has 2 saturated heterocycles. The molecular weight excluding hydrogens is 270 g/mol. The maximum atomic E-state index is 6.05. The largest absolute Gasteiger partial charge is 0.372 e. The van der Waals surface area contributed by atoms with Crippen LogP contribution in [0.1, 0.15) is 44.3 Å². The van der Waals surface area contributed by atoms with E-state index in [-0.39, 0.29) is 6.10 Å². The first-order chi connectivity index (χ1) is 9.86. The van der Waals surface area contributed by atoms with Gasteiger partial charge in [-0.1, -0.05) is 0 Å². The zero-order valence-electron chi connectivity index (χ0n) is 12.3. The summed E-state index contributed by atoms with van der Waals surface area (Å²) in [6, 6.07) is 1.10. The Balaban J connectivity index is 1.66. The summed E-state index contributed by atoms with van der Waals surface area (Å²) < 4.78 is 8.04. The number of rotatable bonds is 4. The maximum absolute atomic E-state index is 6.05. The highest BCUT2D eigenvalue weighted by molar-refractivity contribution is 7.99. The van der Waals surface area contributed by atoms with E-state index in [1.807, 2.05) is 10.9 Å². The fourth-order valence-corrected chi connectivity index (χ4v) is 4.24. The fourth-order valence-electron chi connectivity index (χ4n) is 3.15. The van der Waals surface area contributed by atoms with E-state index in [1.165, 1.54) is 36.3 Å². The van der Waals surface area contributed by atoms with Gasteiger partial charge in [0, 0.05) is 42.7 Å². The molecule has 0 aliphatic carbocycles. The third-order valence-electron chi connectivity index (χ3n) is 4.24. The molecule has 3 heterocycles. The number of aryl methyl sites for hydroxylation is 1. The van der Waals surface area contributed by atoms with Gasteiger partial charge < -0.3 is 10.1 Å². The second kappa shape index (κ2) is 6.96. The SMILES string of the molecule is CCn1cc([C@H]2OCCC[C@@H]2N[C@@H]2CCCSC2)cn1. The Hall–Kier alpha value is -0.520. The van der Waals surface area contributed by atoms with Gasteiger partial charge in [0.25, 0.3) is 0 Å². The molecule has 2 aliphatic heterocycles. The van der Waals surface area contributed by atoms with Gasteiger partial charge in [-0.2, -0.15) is 16.9 Å². The van der Waals surface area contributed by atoms with Crippen molar-refractivity contribution in [1.82, 2.24) is 15.1 Å². The van der Waals surface area contributed by atoms with E-state index < -0.39 is 0 Å². The summed E-state index contributed by atoms with van der Waals surface area (Å²) in [6.07, 6.45) is 9.32. The third kappa shape index (κ3) is 3.38. The quantitative estimate of drug-likeness (QED) is 0.927. The zero-order valence-corrected chi connectivity index (χ0v) is 13.1. The molecule has 5 heteroatoms. The van der Waals surface area contributed by atoms with Crippen LogP contribution in [-0.2, 0) is 11.3 Å². The molecule has 1 aromatic rings. The van der Waals surface area contributed by atoms with Crippen LogP contribution >= 0.6 is 11.8 Å². The van der Waals surface area contributed by atoms with Crippen LogP contribution in [0.3, 0.4) is 0 Å². The van der Waals surface area contributed by atoms with E-state index in [0.29, 0.717) is 12.1 Å². The summed E-state index contributed by atoms with van der Waals surface area (Å²) in [4.78, 5) is 0. The average molecular weight is 295 g/mol. The van der Waals surface area contributed by atoms with Crippen LogP contribution in [-0.4, -0.2) is 40.0 Å². The number of ether oxygens (including phenoxy) is 1. The molecule has 4 nitrogen and oxygen atoms in total. The highest BCUT2D eigenvalue weighted by atomic mass is 32.2. The van der Waals surface area contributed by atoms with Crippen molar-refractivity contribution >= 4 is 11.8 Å². The number of aromatic nitrogens is 2. The molecule has 3 rings (SSSR count). The molecule has 0 spiro atoms. The number of hydrogen-bond acceptors (Lipinski definition) is 4. The van der Waals surface area contributed by atoms with Crippen LogP contribution < -0.4 is 5.32 Å². The molecule has 0 saturated carbocycles. The van der Waals surface area contributed by atoms with E-state index in [0.717, 1.165) is 19.6 Å². The normalized spacial score (nSPS) is 31.4. The first-order valence-corrected chi connectivity index (χ1v) is 9.00. The van der Waals surface area contributed by atoms with Crippen LogP contribution in [0.5, 0.6) is 0 Å². The second-order valence-electron chi connectivity index (χ2n) is 5.75. The van der Waals surface area contributed by atoms with Crippen LogP contribution in [0.4, 0.5) is 0 Å². The summed E-state index contributed by atoms with van der Waals surface area (Å²) in [6.45, 7) is 3.91. The second-order valence-corrected chi connectivity index (χ2v) is 6.90. The van der Waals surface area contributed by atoms with Gasteiger partial charge in [0.15, 0.2) is 0 Å². The average Bonchev–Trinajstić information content (AvgIpc) is 2.98. The van der Waals surface area contributed by atoms with Gasteiger partial charge in [-0.25, -0.2) is 0 Å². The minimum Gasteiger partial charge on any atom is -0.372 e. The summed E-state index contributed by atoms with van der Waals surface area (Å²) in [5, 5.41) is 8.25. The molecule has 3 atom stereocenters.